The Morgan fingerprint density at radius 2 is 1.93 bits per heavy atom. The van der Waals surface area contributed by atoms with Crippen LogP contribution in [0.3, 0.4) is 0 Å². The molecular weight excluding hydrogens is 433 g/mol. The quantitative estimate of drug-likeness (QED) is 0.446. The number of carbonyl (C=O) groups excluding carboxylic acids is 2. The highest BCUT2D eigenvalue weighted by molar-refractivity contribution is 8.18. The molecule has 0 radical (unpaired) electrons. The molecule has 2 aromatic rings. The summed E-state index contributed by atoms with van der Waals surface area (Å²) in [4.78, 5) is 26.5. The summed E-state index contributed by atoms with van der Waals surface area (Å²) in [6.45, 7) is 0.209. The number of thioether (sulfide) groups is 1. The van der Waals surface area contributed by atoms with Crippen LogP contribution in [-0.2, 0) is 11.3 Å². The number of ether oxygens (including phenoxy) is 2. The van der Waals surface area contributed by atoms with Crippen LogP contribution in [0.2, 0.25) is 10.0 Å². The molecule has 2 aromatic carbocycles. The summed E-state index contributed by atoms with van der Waals surface area (Å²) in [5, 5.41) is 0.526. The summed E-state index contributed by atoms with van der Waals surface area (Å²) in [6.07, 6.45) is 6.80. The SMILES string of the molecule is C#CCOc1c(Cl)cc(C=C2SC(=O)N(Cc3ccc(Cl)cc3)C2=O)cc1OC. The number of imide groups is 1. The average molecular weight is 448 g/mol. The maximum absolute atomic E-state index is 12.7. The van der Waals surface area contributed by atoms with E-state index in [0.29, 0.717) is 27.0 Å². The van der Waals surface area contributed by atoms with E-state index in [9.17, 15) is 9.59 Å². The number of methoxy groups -OCH3 is 1. The maximum Gasteiger partial charge on any atom is 0.293 e. The van der Waals surface area contributed by atoms with Gasteiger partial charge in [-0.05, 0) is 53.2 Å². The Kier molecular flexibility index (Phi) is 6.75. The zero-order valence-electron chi connectivity index (χ0n) is 15.3. The van der Waals surface area contributed by atoms with E-state index < -0.39 is 0 Å². The van der Waals surface area contributed by atoms with E-state index in [1.165, 1.54) is 12.0 Å². The smallest absolute Gasteiger partial charge is 0.293 e. The monoisotopic (exact) mass is 447 g/mol. The Hall–Kier alpha value is -2.59. The molecule has 0 aromatic heterocycles. The number of carbonyl (C=O) groups is 2. The van der Waals surface area contributed by atoms with Gasteiger partial charge in [-0.3, -0.25) is 14.5 Å². The first-order chi connectivity index (χ1) is 13.9. The summed E-state index contributed by atoms with van der Waals surface area (Å²) in [5.74, 6) is 2.68. The third-order valence-corrected chi connectivity index (χ3v) is 5.42. The van der Waals surface area contributed by atoms with Gasteiger partial charge in [-0.15, -0.1) is 6.42 Å². The van der Waals surface area contributed by atoms with Crippen molar-refractivity contribution in [3.63, 3.8) is 0 Å². The Balaban J connectivity index is 1.84. The van der Waals surface area contributed by atoms with Crippen LogP contribution in [0.1, 0.15) is 11.1 Å². The average Bonchev–Trinajstić information content (AvgIpc) is 2.95. The van der Waals surface area contributed by atoms with E-state index in [1.54, 1.807) is 42.5 Å². The topological polar surface area (TPSA) is 55.8 Å². The minimum atomic E-state index is -0.377. The van der Waals surface area contributed by atoms with Crippen molar-refractivity contribution in [3.8, 4) is 23.8 Å². The zero-order chi connectivity index (χ0) is 21.0. The Bertz CT molecular complexity index is 1030. The molecule has 0 atom stereocenters. The van der Waals surface area contributed by atoms with Gasteiger partial charge in [0.25, 0.3) is 11.1 Å². The molecule has 2 amide bonds. The van der Waals surface area contributed by atoms with Crippen molar-refractivity contribution >= 4 is 52.2 Å². The van der Waals surface area contributed by atoms with Crippen molar-refractivity contribution in [2.75, 3.05) is 13.7 Å². The number of nitrogens with zero attached hydrogens (tertiary/aromatic N) is 1. The minimum Gasteiger partial charge on any atom is -0.493 e. The number of terminal acetylenes is 1. The lowest BCUT2D eigenvalue weighted by Gasteiger charge is -2.13. The van der Waals surface area contributed by atoms with Gasteiger partial charge in [-0.1, -0.05) is 41.3 Å². The fourth-order valence-corrected chi connectivity index (χ4v) is 3.88. The highest BCUT2D eigenvalue weighted by Gasteiger charge is 2.35. The summed E-state index contributed by atoms with van der Waals surface area (Å²) in [7, 11) is 1.47. The van der Waals surface area contributed by atoms with Crippen LogP contribution in [0.15, 0.2) is 41.3 Å². The number of halogens is 2. The molecule has 5 nitrogen and oxygen atoms in total. The van der Waals surface area contributed by atoms with Crippen molar-refractivity contribution in [3.05, 3.63) is 62.5 Å². The van der Waals surface area contributed by atoms with Gasteiger partial charge < -0.3 is 9.47 Å². The molecular formula is C21H15Cl2NO4S. The van der Waals surface area contributed by atoms with Crippen molar-refractivity contribution in [1.29, 1.82) is 0 Å². The molecule has 0 aliphatic carbocycles. The van der Waals surface area contributed by atoms with Crippen LogP contribution < -0.4 is 9.47 Å². The second kappa shape index (κ2) is 9.27. The molecule has 0 bridgehead atoms. The number of rotatable bonds is 6. The second-order valence-corrected chi connectivity index (χ2v) is 7.76. The second-order valence-electron chi connectivity index (χ2n) is 5.92. The summed E-state index contributed by atoms with van der Waals surface area (Å²) in [5.41, 5.74) is 1.40. The van der Waals surface area contributed by atoms with Gasteiger partial charge >= 0.3 is 0 Å². The van der Waals surface area contributed by atoms with E-state index in [-0.39, 0.29) is 29.3 Å². The number of hydrogen-bond acceptors (Lipinski definition) is 5. The molecule has 0 N–H and O–H groups in total. The third kappa shape index (κ3) is 4.88. The highest BCUT2D eigenvalue weighted by Crippen LogP contribution is 2.39. The van der Waals surface area contributed by atoms with Crippen LogP contribution in [0, 0.1) is 12.3 Å². The Morgan fingerprint density at radius 3 is 2.59 bits per heavy atom. The molecule has 0 spiro atoms. The normalized spacial score (nSPS) is 15.0. The largest absolute Gasteiger partial charge is 0.493 e. The molecule has 148 valence electrons. The van der Waals surface area contributed by atoms with Gasteiger partial charge in [0.15, 0.2) is 11.5 Å². The van der Waals surface area contributed by atoms with Crippen LogP contribution in [0.25, 0.3) is 6.08 Å². The van der Waals surface area contributed by atoms with Crippen molar-refractivity contribution in [2.24, 2.45) is 0 Å². The van der Waals surface area contributed by atoms with Crippen molar-refractivity contribution in [1.82, 2.24) is 4.90 Å². The maximum atomic E-state index is 12.7. The fourth-order valence-electron chi connectivity index (χ4n) is 2.64. The van der Waals surface area contributed by atoms with Crippen LogP contribution in [0.5, 0.6) is 11.5 Å². The molecule has 0 unspecified atom stereocenters. The first-order valence-corrected chi connectivity index (χ1v) is 9.93. The molecule has 1 heterocycles. The molecule has 3 rings (SSSR count). The molecule has 1 fully saturated rings. The minimum absolute atomic E-state index is 0.0407. The first-order valence-electron chi connectivity index (χ1n) is 8.36. The summed E-state index contributed by atoms with van der Waals surface area (Å²) < 4.78 is 10.7. The molecule has 1 aliphatic heterocycles. The summed E-state index contributed by atoms with van der Waals surface area (Å²) >= 11 is 13.0. The van der Waals surface area contributed by atoms with Gasteiger partial charge in [-0.25, -0.2) is 0 Å². The Morgan fingerprint density at radius 1 is 1.21 bits per heavy atom. The molecule has 0 saturated carbocycles. The number of benzene rings is 2. The van der Waals surface area contributed by atoms with Crippen LogP contribution in [0.4, 0.5) is 4.79 Å². The highest BCUT2D eigenvalue weighted by atomic mass is 35.5. The lowest BCUT2D eigenvalue weighted by molar-refractivity contribution is -0.123. The summed E-state index contributed by atoms with van der Waals surface area (Å²) in [6, 6.07) is 10.2. The van der Waals surface area contributed by atoms with Gasteiger partial charge in [0.2, 0.25) is 0 Å². The van der Waals surface area contributed by atoms with E-state index >= 15 is 0 Å². The van der Waals surface area contributed by atoms with Gasteiger partial charge in [0.1, 0.15) is 6.61 Å². The van der Waals surface area contributed by atoms with Gasteiger partial charge in [0.05, 0.1) is 23.6 Å². The molecule has 1 aliphatic rings. The van der Waals surface area contributed by atoms with Gasteiger partial charge in [0, 0.05) is 5.02 Å². The Labute approximate surface area is 182 Å². The molecule has 1 saturated heterocycles. The molecule has 29 heavy (non-hydrogen) atoms. The van der Waals surface area contributed by atoms with Crippen LogP contribution >= 0.6 is 35.0 Å². The number of hydrogen-bond donors (Lipinski definition) is 0. The lowest BCUT2D eigenvalue weighted by Crippen LogP contribution is -2.27. The fraction of sp³-hybridized carbons (Fsp3) is 0.143. The van der Waals surface area contributed by atoms with E-state index in [0.717, 1.165) is 17.3 Å². The third-order valence-electron chi connectivity index (χ3n) is 3.98. The van der Waals surface area contributed by atoms with E-state index in [1.807, 2.05) is 0 Å². The number of amides is 2. The molecule has 8 heteroatoms. The van der Waals surface area contributed by atoms with Crippen molar-refractivity contribution < 1.29 is 19.1 Å². The first kappa shape index (κ1) is 21.1. The van der Waals surface area contributed by atoms with Crippen molar-refractivity contribution in [2.45, 2.75) is 6.54 Å². The zero-order valence-corrected chi connectivity index (χ0v) is 17.6. The van der Waals surface area contributed by atoms with Gasteiger partial charge in [-0.2, -0.15) is 0 Å². The van der Waals surface area contributed by atoms with E-state index in [2.05, 4.69) is 5.92 Å². The predicted molar refractivity (Wildman–Crippen MR) is 115 cm³/mol. The van der Waals surface area contributed by atoms with E-state index in [4.69, 9.17) is 39.1 Å². The predicted octanol–water partition coefficient (Wildman–Crippen LogP) is 5.25. The standard InChI is InChI=1S/C21H15Cl2NO4S/c1-3-8-28-19-16(23)9-14(10-17(19)27-2)11-18-20(25)24(21(26)29-18)12-13-4-6-15(22)7-5-13/h1,4-7,9-11H,8,12H2,2H3. The van der Waals surface area contributed by atoms with Crippen LogP contribution in [-0.4, -0.2) is 29.8 Å². The lowest BCUT2D eigenvalue weighted by atomic mass is 10.1.